The third kappa shape index (κ3) is 8.54. The van der Waals surface area contributed by atoms with Gasteiger partial charge >= 0.3 is 6.18 Å². The van der Waals surface area contributed by atoms with Gasteiger partial charge < -0.3 is 10.2 Å². The standard InChI is InChI=1S/C33H36Cl2F3N3O4S/c1-3-30(32(43)39-24-10-5-4-6-11-24)40(20-23-9-7-8-12-28(23)34)31(42)21-41(46(44,45)26-16-13-22(2)14-17-26)25-15-18-29(35)27(19-25)33(36,37)38/h7-9,12-19,24,30H,3-6,10-11,20-21H2,1-2H3,(H,39,43)/t30-/m1/s1. The monoisotopic (exact) mass is 697 g/mol. The third-order valence-corrected chi connectivity index (χ3v) is 10.6. The molecular weight excluding hydrogens is 662 g/mol. The third-order valence-electron chi connectivity index (χ3n) is 8.07. The number of benzene rings is 3. The molecule has 4 rings (SSSR count). The van der Waals surface area contributed by atoms with Gasteiger partial charge in [-0.1, -0.05) is 85.3 Å². The summed E-state index contributed by atoms with van der Waals surface area (Å²) in [7, 11) is -4.58. The van der Waals surface area contributed by atoms with Gasteiger partial charge in [0.05, 0.1) is 21.2 Å². The number of hydrogen-bond donors (Lipinski definition) is 1. The summed E-state index contributed by atoms with van der Waals surface area (Å²) in [6.45, 7) is 2.45. The van der Waals surface area contributed by atoms with Crippen molar-refractivity contribution in [3.05, 3.63) is 93.5 Å². The van der Waals surface area contributed by atoms with Gasteiger partial charge in [0.25, 0.3) is 10.0 Å². The molecule has 1 aliphatic rings. The summed E-state index contributed by atoms with van der Waals surface area (Å²) in [6, 6.07) is 14.1. The van der Waals surface area contributed by atoms with Crippen LogP contribution in [0.1, 0.15) is 62.1 Å². The van der Waals surface area contributed by atoms with Crippen molar-refractivity contribution in [2.24, 2.45) is 0 Å². The zero-order valence-electron chi connectivity index (χ0n) is 25.5. The number of amides is 2. The number of nitrogens with one attached hydrogen (secondary N) is 1. The van der Waals surface area contributed by atoms with Gasteiger partial charge in [0.15, 0.2) is 0 Å². The van der Waals surface area contributed by atoms with Crippen LogP contribution < -0.4 is 9.62 Å². The van der Waals surface area contributed by atoms with Crippen LogP contribution in [0.4, 0.5) is 18.9 Å². The van der Waals surface area contributed by atoms with E-state index in [4.69, 9.17) is 23.2 Å². The first-order valence-electron chi connectivity index (χ1n) is 15.0. The molecule has 3 aromatic rings. The molecule has 13 heteroatoms. The van der Waals surface area contributed by atoms with Gasteiger partial charge in [-0.05, 0) is 68.1 Å². The topological polar surface area (TPSA) is 86.8 Å². The molecule has 0 heterocycles. The number of carbonyl (C=O) groups excluding carboxylic acids is 2. The molecule has 0 aliphatic heterocycles. The zero-order valence-corrected chi connectivity index (χ0v) is 27.8. The van der Waals surface area contributed by atoms with Gasteiger partial charge in [-0.15, -0.1) is 0 Å². The lowest BCUT2D eigenvalue weighted by Crippen LogP contribution is -2.54. The van der Waals surface area contributed by atoms with Crippen LogP contribution in [0.25, 0.3) is 0 Å². The molecular formula is C33H36Cl2F3N3O4S. The maximum atomic E-state index is 14.3. The van der Waals surface area contributed by atoms with Gasteiger partial charge in [0.1, 0.15) is 12.6 Å². The molecule has 1 saturated carbocycles. The van der Waals surface area contributed by atoms with Crippen molar-refractivity contribution in [3.8, 4) is 0 Å². The first-order chi connectivity index (χ1) is 21.7. The van der Waals surface area contributed by atoms with Gasteiger partial charge in [0, 0.05) is 17.6 Å². The van der Waals surface area contributed by atoms with Gasteiger partial charge in [-0.25, -0.2) is 8.42 Å². The first kappa shape index (κ1) is 35.6. The lowest BCUT2D eigenvalue weighted by atomic mass is 9.95. The van der Waals surface area contributed by atoms with Crippen molar-refractivity contribution in [1.29, 1.82) is 0 Å². The molecule has 0 radical (unpaired) electrons. The van der Waals surface area contributed by atoms with E-state index < -0.39 is 56.9 Å². The fraction of sp³-hybridized carbons (Fsp3) is 0.394. The number of nitrogens with zero attached hydrogens (tertiary/aromatic N) is 2. The molecule has 0 unspecified atom stereocenters. The Morgan fingerprint density at radius 2 is 1.61 bits per heavy atom. The molecule has 248 valence electrons. The second-order valence-corrected chi connectivity index (χ2v) is 14.0. The highest BCUT2D eigenvalue weighted by Crippen LogP contribution is 2.38. The van der Waals surface area contributed by atoms with Crippen LogP contribution >= 0.6 is 23.2 Å². The van der Waals surface area contributed by atoms with E-state index in [9.17, 15) is 31.2 Å². The summed E-state index contributed by atoms with van der Waals surface area (Å²) in [4.78, 5) is 28.9. The number of rotatable bonds is 11. The van der Waals surface area contributed by atoms with Gasteiger partial charge in [-0.3, -0.25) is 13.9 Å². The molecule has 2 amide bonds. The summed E-state index contributed by atoms with van der Waals surface area (Å²) in [6.07, 6.45) is -0.0708. The Morgan fingerprint density at radius 1 is 0.957 bits per heavy atom. The quantitative estimate of drug-likeness (QED) is 0.222. The fourth-order valence-electron chi connectivity index (χ4n) is 5.53. The van der Waals surface area contributed by atoms with E-state index in [1.807, 2.05) is 0 Å². The predicted octanol–water partition coefficient (Wildman–Crippen LogP) is 7.77. The molecule has 1 N–H and O–H groups in total. The Hall–Kier alpha value is -3.28. The minimum absolute atomic E-state index is 0.0548. The lowest BCUT2D eigenvalue weighted by Gasteiger charge is -2.34. The SMILES string of the molecule is CC[C@H](C(=O)NC1CCCCC1)N(Cc1ccccc1Cl)C(=O)CN(c1ccc(Cl)c(C(F)(F)F)c1)S(=O)(=O)c1ccc(C)cc1. The van der Waals surface area contributed by atoms with Crippen LogP contribution in [0.2, 0.25) is 10.0 Å². The molecule has 1 fully saturated rings. The largest absolute Gasteiger partial charge is 0.417 e. The van der Waals surface area contributed by atoms with E-state index in [0.29, 0.717) is 21.0 Å². The average molecular weight is 699 g/mol. The molecule has 0 aromatic heterocycles. The van der Waals surface area contributed by atoms with Crippen LogP contribution in [0, 0.1) is 6.92 Å². The number of sulfonamides is 1. The summed E-state index contributed by atoms with van der Waals surface area (Å²) in [5.41, 5.74) is -0.397. The van der Waals surface area contributed by atoms with E-state index in [0.717, 1.165) is 49.8 Å². The summed E-state index contributed by atoms with van der Waals surface area (Å²) >= 11 is 12.3. The number of alkyl halides is 3. The highest BCUT2D eigenvalue weighted by molar-refractivity contribution is 7.92. The number of anilines is 1. The van der Waals surface area contributed by atoms with Gasteiger partial charge in [0.2, 0.25) is 11.8 Å². The molecule has 0 saturated heterocycles. The number of hydrogen-bond acceptors (Lipinski definition) is 4. The van der Waals surface area contributed by atoms with Crippen LogP contribution in [-0.4, -0.2) is 43.8 Å². The Labute approximate surface area is 277 Å². The van der Waals surface area contributed by atoms with Crippen molar-refractivity contribution in [3.63, 3.8) is 0 Å². The minimum Gasteiger partial charge on any atom is -0.352 e. The number of halogens is 5. The second kappa shape index (κ2) is 15.1. The zero-order chi connectivity index (χ0) is 33.6. The normalized spacial score (nSPS) is 14.8. The highest BCUT2D eigenvalue weighted by Gasteiger charge is 2.37. The van der Waals surface area contributed by atoms with Crippen molar-refractivity contribution in [2.45, 2.75) is 82.1 Å². The van der Waals surface area contributed by atoms with E-state index in [-0.39, 0.29) is 23.9 Å². The van der Waals surface area contributed by atoms with Crippen LogP contribution in [0.15, 0.2) is 71.6 Å². The Morgan fingerprint density at radius 3 is 2.22 bits per heavy atom. The lowest BCUT2D eigenvalue weighted by molar-refractivity contribution is -0.140. The molecule has 3 aromatic carbocycles. The second-order valence-electron chi connectivity index (χ2n) is 11.4. The van der Waals surface area contributed by atoms with Crippen molar-refractivity contribution in [2.75, 3.05) is 10.8 Å². The molecule has 0 spiro atoms. The Balaban J connectivity index is 1.78. The molecule has 7 nitrogen and oxygen atoms in total. The Kier molecular flexibility index (Phi) is 11.7. The fourth-order valence-corrected chi connectivity index (χ4v) is 7.35. The van der Waals surface area contributed by atoms with E-state index in [1.165, 1.54) is 17.0 Å². The number of carbonyl (C=O) groups is 2. The minimum atomic E-state index is -4.89. The maximum absolute atomic E-state index is 14.3. The van der Waals surface area contributed by atoms with Crippen molar-refractivity contribution in [1.82, 2.24) is 10.2 Å². The molecule has 1 aliphatic carbocycles. The summed E-state index contributed by atoms with van der Waals surface area (Å²) < 4.78 is 70.3. The first-order valence-corrected chi connectivity index (χ1v) is 17.2. The van der Waals surface area contributed by atoms with E-state index in [1.54, 1.807) is 50.2 Å². The summed E-state index contributed by atoms with van der Waals surface area (Å²) in [5, 5.41) is 2.75. The van der Waals surface area contributed by atoms with E-state index >= 15 is 0 Å². The van der Waals surface area contributed by atoms with Crippen LogP contribution in [0.5, 0.6) is 0 Å². The number of aryl methyl sites for hydroxylation is 1. The van der Waals surface area contributed by atoms with E-state index in [2.05, 4.69) is 5.32 Å². The van der Waals surface area contributed by atoms with Crippen LogP contribution in [0.3, 0.4) is 0 Å². The van der Waals surface area contributed by atoms with Gasteiger partial charge in [-0.2, -0.15) is 13.2 Å². The van der Waals surface area contributed by atoms with Crippen molar-refractivity contribution >= 4 is 50.7 Å². The Bertz CT molecular complexity index is 1650. The van der Waals surface area contributed by atoms with Crippen molar-refractivity contribution < 1.29 is 31.2 Å². The predicted molar refractivity (Wildman–Crippen MR) is 173 cm³/mol. The maximum Gasteiger partial charge on any atom is 0.417 e. The smallest absolute Gasteiger partial charge is 0.352 e. The average Bonchev–Trinajstić information content (AvgIpc) is 3.01. The molecule has 1 atom stereocenters. The highest BCUT2D eigenvalue weighted by atomic mass is 35.5. The molecule has 46 heavy (non-hydrogen) atoms. The molecule has 0 bridgehead atoms. The van der Waals surface area contributed by atoms with Crippen LogP contribution in [-0.2, 0) is 32.3 Å². The summed E-state index contributed by atoms with van der Waals surface area (Å²) in [5.74, 6) is -1.20.